The van der Waals surface area contributed by atoms with Crippen LogP contribution in [0, 0.1) is 0 Å². The monoisotopic (exact) mass is 860 g/mol. The minimum atomic E-state index is -3.92. The fraction of sp³-hybridized carbons (Fsp3) is 0.294. The maximum absolute atomic E-state index is 13.8. The number of imide groups is 2. The standard InChI is InChI=1S/C32H24Cl4N4O4.2CH4O3S/c1-37(2)5-7-39-29(41)13-9-17(33)23-25-19(35)11-15-22-16(32(44)40(31(15)43)8-6-38(3)4)12-20(36)26(28(22)25)24-18(34)10-14(30(39)42)21(13)27(23)24;2*1-5(2,3)4/h9-12H,5-8H2,1-4H3;2*1H3,(H,2,3,4). The molecule has 2 heterocycles. The Hall–Kier alpha value is -3.42. The normalized spacial score (nSPS) is 14.6. The molecule has 0 fully saturated rings. The smallest absolute Gasteiger partial charge is 0.261 e. The highest BCUT2D eigenvalue weighted by Gasteiger charge is 2.39. The Bertz CT molecular complexity index is 2360. The molecule has 5 aromatic carbocycles. The zero-order valence-corrected chi connectivity index (χ0v) is 34.1. The minimum Gasteiger partial charge on any atom is -0.748 e. The van der Waals surface area contributed by atoms with Crippen molar-refractivity contribution in [3.05, 3.63) is 66.6 Å². The van der Waals surface area contributed by atoms with E-state index in [9.17, 15) is 19.2 Å². The highest BCUT2D eigenvalue weighted by molar-refractivity contribution is 7.85. The molecule has 20 heteroatoms. The summed E-state index contributed by atoms with van der Waals surface area (Å²) >= 11 is 28.0. The maximum Gasteiger partial charge on any atom is 0.261 e. The van der Waals surface area contributed by atoms with Crippen LogP contribution in [-0.2, 0) is 20.2 Å². The van der Waals surface area contributed by atoms with E-state index in [1.165, 1.54) is 9.80 Å². The van der Waals surface area contributed by atoms with Crippen molar-refractivity contribution in [2.45, 2.75) is 0 Å². The average Bonchev–Trinajstić information content (AvgIpc) is 3.02. The Morgan fingerprint density at radius 3 is 0.870 bits per heavy atom. The van der Waals surface area contributed by atoms with Gasteiger partial charge in [-0.3, -0.25) is 29.0 Å². The summed E-state index contributed by atoms with van der Waals surface area (Å²) in [4.78, 5) is 59.7. The van der Waals surface area contributed by atoms with E-state index < -0.39 is 43.9 Å². The van der Waals surface area contributed by atoms with Crippen molar-refractivity contribution in [1.82, 2.24) is 9.80 Å². The number of hydrogen-bond donors (Lipinski definition) is 2. The first-order chi connectivity index (χ1) is 24.8. The summed E-state index contributed by atoms with van der Waals surface area (Å²) in [6, 6.07) is 6.24. The molecule has 0 atom stereocenters. The van der Waals surface area contributed by atoms with Crippen LogP contribution in [0.3, 0.4) is 0 Å². The lowest BCUT2D eigenvalue weighted by molar-refractivity contribution is -0.857. The molecular weight excluding hydrogens is 830 g/mol. The quantitative estimate of drug-likeness (QED) is 0.111. The van der Waals surface area contributed by atoms with Gasteiger partial charge >= 0.3 is 0 Å². The molecular formula is C34H32Cl4N4O10S2. The van der Waals surface area contributed by atoms with Gasteiger partial charge in [-0.2, -0.15) is 0 Å². The van der Waals surface area contributed by atoms with E-state index in [0.717, 1.165) is 9.80 Å². The lowest BCUT2D eigenvalue weighted by Gasteiger charge is -2.31. The third-order valence-electron chi connectivity index (χ3n) is 8.69. The molecule has 7 rings (SSSR count). The topological polar surface area (TPSA) is 198 Å². The number of halogens is 4. The number of benzene rings is 5. The van der Waals surface area contributed by atoms with E-state index in [4.69, 9.17) is 72.3 Å². The third-order valence-corrected chi connectivity index (χ3v) is 9.88. The number of hydrogen-bond acceptors (Lipinski definition) is 10. The number of nitrogens with one attached hydrogen (secondary N) is 2. The molecule has 0 unspecified atom stereocenters. The summed E-state index contributed by atoms with van der Waals surface area (Å²) in [5.41, 5.74) is 1.11. The first-order valence-corrected chi connectivity index (χ1v) is 21.1. The predicted octanol–water partition coefficient (Wildman–Crippen LogP) is 2.15. The Morgan fingerprint density at radius 1 is 0.481 bits per heavy atom. The number of amides is 4. The Labute approximate surface area is 329 Å². The minimum absolute atomic E-state index is 0.219. The lowest BCUT2D eigenvalue weighted by Crippen LogP contribution is -3.06. The summed E-state index contributed by atoms with van der Waals surface area (Å²) in [5.74, 6) is -1.80. The summed E-state index contributed by atoms with van der Waals surface area (Å²) in [5, 5.41) is 4.54. The number of rotatable bonds is 6. The second kappa shape index (κ2) is 14.9. The zero-order valence-electron chi connectivity index (χ0n) is 29.4. The molecule has 54 heavy (non-hydrogen) atoms. The van der Waals surface area contributed by atoms with Crippen LogP contribution in [-0.4, -0.2) is 126 Å². The molecule has 0 saturated carbocycles. The molecule has 0 spiro atoms. The van der Waals surface area contributed by atoms with Crippen molar-refractivity contribution < 1.29 is 54.9 Å². The van der Waals surface area contributed by atoms with Crippen LogP contribution < -0.4 is 9.80 Å². The fourth-order valence-electron chi connectivity index (χ4n) is 6.64. The van der Waals surface area contributed by atoms with Crippen LogP contribution in [0.1, 0.15) is 41.4 Å². The van der Waals surface area contributed by atoms with E-state index in [1.807, 2.05) is 28.2 Å². The van der Waals surface area contributed by atoms with Gasteiger partial charge in [-0.15, -0.1) is 0 Å². The van der Waals surface area contributed by atoms with Gasteiger partial charge < -0.3 is 18.9 Å². The number of fused-ring (bicyclic) bond motifs is 2. The van der Waals surface area contributed by atoms with E-state index in [1.54, 1.807) is 24.3 Å². The first kappa shape index (κ1) is 41.7. The lowest BCUT2D eigenvalue weighted by atomic mass is 9.82. The predicted molar refractivity (Wildman–Crippen MR) is 205 cm³/mol. The molecule has 0 aromatic heterocycles. The van der Waals surface area contributed by atoms with Gasteiger partial charge in [-0.05, 0) is 24.3 Å². The molecule has 0 radical (unpaired) electrons. The number of nitrogens with zero attached hydrogens (tertiary/aromatic N) is 2. The fourth-order valence-corrected chi connectivity index (χ4v) is 7.83. The summed E-state index contributed by atoms with van der Waals surface area (Å²) in [6.07, 6.45) is 1.21. The van der Waals surface area contributed by atoms with Gasteiger partial charge in [0, 0.05) is 75.7 Å². The summed E-state index contributed by atoms with van der Waals surface area (Å²) in [7, 11) is -0.0688. The highest BCUT2D eigenvalue weighted by atomic mass is 35.5. The van der Waals surface area contributed by atoms with Gasteiger partial charge in [0.05, 0.1) is 96.9 Å². The Balaban J connectivity index is 0.000000499. The Morgan fingerprint density at radius 2 is 0.685 bits per heavy atom. The van der Waals surface area contributed by atoms with Crippen molar-refractivity contribution >= 4 is 133 Å². The van der Waals surface area contributed by atoms with Crippen molar-refractivity contribution in [1.29, 1.82) is 0 Å². The van der Waals surface area contributed by atoms with Gasteiger partial charge in [0.15, 0.2) is 0 Å². The van der Waals surface area contributed by atoms with Crippen LogP contribution in [0.2, 0.25) is 20.1 Å². The van der Waals surface area contributed by atoms with Gasteiger partial charge in [-0.1, -0.05) is 46.4 Å². The van der Waals surface area contributed by atoms with E-state index in [0.29, 0.717) is 68.7 Å². The number of quaternary nitrogens is 2. The molecule has 4 amide bonds. The molecule has 288 valence electrons. The molecule has 2 aliphatic rings. The first-order valence-electron chi connectivity index (χ1n) is 15.9. The average molecular weight is 863 g/mol. The van der Waals surface area contributed by atoms with Crippen LogP contribution in [0.4, 0.5) is 0 Å². The number of carbonyl (C=O) groups excluding carboxylic acids is 4. The van der Waals surface area contributed by atoms with Crippen LogP contribution in [0.5, 0.6) is 0 Å². The summed E-state index contributed by atoms with van der Waals surface area (Å²) in [6.45, 7) is 1.56. The van der Waals surface area contributed by atoms with Crippen LogP contribution >= 0.6 is 46.4 Å². The molecule has 0 saturated heterocycles. The van der Waals surface area contributed by atoms with Crippen LogP contribution in [0.15, 0.2) is 24.3 Å². The van der Waals surface area contributed by atoms with E-state index in [2.05, 4.69) is 0 Å². The van der Waals surface area contributed by atoms with Crippen molar-refractivity contribution in [3.8, 4) is 0 Å². The summed E-state index contributed by atoms with van der Waals surface area (Å²) < 4.78 is 54.5. The zero-order chi connectivity index (χ0) is 40.5. The third kappa shape index (κ3) is 7.82. The van der Waals surface area contributed by atoms with Crippen molar-refractivity contribution in [2.75, 3.05) is 66.9 Å². The van der Waals surface area contributed by atoms with Crippen molar-refractivity contribution in [2.24, 2.45) is 0 Å². The largest absolute Gasteiger partial charge is 0.748 e. The molecule has 5 aromatic rings. The molecule has 2 N–H and O–H groups in total. The Kier molecular flexibility index (Phi) is 11.5. The SMILES string of the molecule is CS(=O)(=O)[O-].CS(=O)(=O)[O-].C[NH+](C)CCN1C(=O)c2cc(Cl)c3c4c(Cl)cc5c6c(cc(Cl)c(c7c(Cl)cc(c2c37)C1=O)c64)C(=O)N(CC[NH+](C)C)C5=O. The molecule has 0 aliphatic carbocycles. The second-order valence-corrected chi connectivity index (χ2v) is 17.9. The van der Waals surface area contributed by atoms with Gasteiger partial charge in [0.25, 0.3) is 23.6 Å². The molecule has 2 aliphatic heterocycles. The molecule has 14 nitrogen and oxygen atoms in total. The van der Waals surface area contributed by atoms with Gasteiger partial charge in [-0.25, -0.2) is 16.8 Å². The van der Waals surface area contributed by atoms with Gasteiger partial charge in [0.2, 0.25) is 0 Å². The number of carbonyl (C=O) groups is 4. The van der Waals surface area contributed by atoms with Gasteiger partial charge in [0.1, 0.15) is 0 Å². The highest BCUT2D eigenvalue weighted by Crippen LogP contribution is 2.53. The van der Waals surface area contributed by atoms with Crippen molar-refractivity contribution in [3.63, 3.8) is 0 Å². The second-order valence-electron chi connectivity index (χ2n) is 13.5. The maximum atomic E-state index is 13.8. The van der Waals surface area contributed by atoms with Crippen LogP contribution in [0.25, 0.3) is 43.1 Å². The van der Waals surface area contributed by atoms with E-state index >= 15 is 0 Å². The van der Waals surface area contributed by atoms with E-state index in [-0.39, 0.29) is 55.4 Å². The number of likely N-dealkylation sites (N-methyl/N-ethyl adjacent to an activating group) is 2. The molecule has 0 bridgehead atoms.